The Morgan fingerprint density at radius 1 is 1.05 bits per heavy atom. The van der Waals surface area contributed by atoms with Crippen molar-refractivity contribution in [2.75, 3.05) is 19.8 Å². The van der Waals surface area contributed by atoms with Gasteiger partial charge in [0.15, 0.2) is 17.5 Å². The number of esters is 1. The fourth-order valence-electron chi connectivity index (χ4n) is 5.39. The van der Waals surface area contributed by atoms with Gasteiger partial charge in [-0.1, -0.05) is 0 Å². The molecular weight excluding hydrogens is 276 g/mol. The van der Waals surface area contributed by atoms with E-state index in [1.54, 1.807) is 0 Å². The second kappa shape index (κ2) is 3.62. The molecule has 0 aromatic heterocycles. The van der Waals surface area contributed by atoms with Gasteiger partial charge >= 0.3 is 5.97 Å². The smallest absolute Gasteiger partial charge is 0.342 e. The minimum absolute atomic E-state index is 0.243. The highest BCUT2D eigenvalue weighted by Gasteiger charge is 2.88. The first-order valence-electron chi connectivity index (χ1n) is 7.82. The van der Waals surface area contributed by atoms with Crippen LogP contribution in [-0.2, 0) is 28.5 Å². The van der Waals surface area contributed by atoms with Crippen LogP contribution in [0.1, 0.15) is 26.7 Å². The van der Waals surface area contributed by atoms with Crippen LogP contribution in [0.25, 0.3) is 0 Å². The molecule has 5 aliphatic rings. The summed E-state index contributed by atoms with van der Waals surface area (Å²) in [4.78, 5) is 12.6. The lowest BCUT2D eigenvalue weighted by molar-refractivity contribution is -0.264. The van der Waals surface area contributed by atoms with Crippen molar-refractivity contribution in [3.63, 3.8) is 0 Å². The Labute approximate surface area is 123 Å². The molecule has 1 aliphatic carbocycles. The van der Waals surface area contributed by atoms with E-state index in [1.165, 1.54) is 0 Å². The fraction of sp³-hybridized carbons (Fsp3) is 0.933. The van der Waals surface area contributed by atoms with Crippen LogP contribution in [0, 0.1) is 11.8 Å². The Morgan fingerprint density at radius 2 is 1.81 bits per heavy atom. The van der Waals surface area contributed by atoms with E-state index in [2.05, 4.69) is 0 Å². The maximum atomic E-state index is 12.6. The van der Waals surface area contributed by atoms with Crippen molar-refractivity contribution in [2.45, 2.75) is 55.9 Å². The van der Waals surface area contributed by atoms with Crippen LogP contribution in [0.3, 0.4) is 0 Å². The number of fused-ring (bicyclic) bond motifs is 1. The van der Waals surface area contributed by atoms with Gasteiger partial charge in [-0.15, -0.1) is 0 Å². The van der Waals surface area contributed by atoms with Gasteiger partial charge in [0.1, 0.15) is 6.10 Å². The average Bonchev–Trinajstić information content (AvgIpc) is 3.12. The molecule has 5 rings (SSSR count). The van der Waals surface area contributed by atoms with Gasteiger partial charge in [-0.2, -0.15) is 0 Å². The number of carbonyl (C=O) groups excluding carboxylic acids is 1. The lowest BCUT2D eigenvalue weighted by Crippen LogP contribution is -2.76. The van der Waals surface area contributed by atoms with Crippen molar-refractivity contribution in [3.8, 4) is 0 Å². The standard InChI is InChI=1S/C15H20O6/c1-13(2)19-7-10(21-13)11-14-8(3-5-17-14)9-4-6-18-15(9,14)12(16)20-11/h8-11H,3-7H2,1-2H3/t8-,9+,10+,11-,14+,15-/m1/s1. The highest BCUT2D eigenvalue weighted by atomic mass is 16.8. The van der Waals surface area contributed by atoms with E-state index < -0.39 is 23.1 Å². The third-order valence-corrected chi connectivity index (χ3v) is 6.00. The van der Waals surface area contributed by atoms with Crippen LogP contribution in [-0.4, -0.2) is 55.0 Å². The summed E-state index contributed by atoms with van der Waals surface area (Å²) < 4.78 is 29.4. The van der Waals surface area contributed by atoms with Crippen molar-refractivity contribution in [1.82, 2.24) is 0 Å². The van der Waals surface area contributed by atoms with Gasteiger partial charge in [0.05, 0.1) is 6.61 Å². The summed E-state index contributed by atoms with van der Waals surface area (Å²) in [7, 11) is 0. The SMILES string of the molecule is CC1(C)OC[C@@H]([C@H]2OC(=O)[C@]34OCC[C@H]3[C@H]3CCO[C@@]324)O1. The molecule has 0 N–H and O–H groups in total. The summed E-state index contributed by atoms with van der Waals surface area (Å²) >= 11 is 0. The third-order valence-electron chi connectivity index (χ3n) is 6.00. The number of carbonyl (C=O) groups is 1. The van der Waals surface area contributed by atoms with Gasteiger partial charge in [0, 0.05) is 25.0 Å². The van der Waals surface area contributed by atoms with E-state index in [0.29, 0.717) is 25.7 Å². The number of hydrogen-bond acceptors (Lipinski definition) is 6. The summed E-state index contributed by atoms with van der Waals surface area (Å²) in [5, 5.41) is 0. The third kappa shape index (κ3) is 1.20. The molecule has 0 amide bonds. The quantitative estimate of drug-likeness (QED) is 0.661. The van der Waals surface area contributed by atoms with Gasteiger partial charge < -0.3 is 23.7 Å². The zero-order chi connectivity index (χ0) is 14.5. The predicted molar refractivity (Wildman–Crippen MR) is 68.4 cm³/mol. The van der Waals surface area contributed by atoms with Crippen LogP contribution < -0.4 is 0 Å². The predicted octanol–water partition coefficient (Wildman–Crippen LogP) is 0.627. The number of rotatable bonds is 1. The lowest BCUT2D eigenvalue weighted by atomic mass is 9.49. The summed E-state index contributed by atoms with van der Waals surface area (Å²) in [6.45, 7) is 5.45. The molecule has 5 fully saturated rings. The van der Waals surface area contributed by atoms with Crippen LogP contribution in [0.2, 0.25) is 0 Å². The highest BCUT2D eigenvalue weighted by Crippen LogP contribution is 2.70. The summed E-state index contributed by atoms with van der Waals surface area (Å²) in [5.41, 5.74) is -1.53. The number of ether oxygens (including phenoxy) is 5. The first-order chi connectivity index (χ1) is 10.0. The van der Waals surface area contributed by atoms with Crippen LogP contribution in [0.5, 0.6) is 0 Å². The lowest BCUT2D eigenvalue weighted by Gasteiger charge is -2.56. The van der Waals surface area contributed by atoms with Crippen molar-refractivity contribution in [2.24, 2.45) is 11.8 Å². The normalized spacial score (nSPS) is 56.6. The largest absolute Gasteiger partial charge is 0.454 e. The van der Waals surface area contributed by atoms with Crippen LogP contribution in [0.15, 0.2) is 0 Å². The van der Waals surface area contributed by atoms with Gasteiger partial charge in [-0.05, 0) is 26.7 Å². The molecule has 6 heteroatoms. The summed E-state index contributed by atoms with van der Waals surface area (Å²) in [6, 6.07) is 0. The molecule has 0 radical (unpaired) electrons. The molecule has 4 heterocycles. The zero-order valence-corrected chi connectivity index (χ0v) is 12.3. The van der Waals surface area contributed by atoms with Crippen molar-refractivity contribution >= 4 is 5.97 Å². The molecule has 116 valence electrons. The van der Waals surface area contributed by atoms with E-state index in [9.17, 15) is 4.79 Å². The highest BCUT2D eigenvalue weighted by molar-refractivity contribution is 5.88. The molecule has 2 spiro atoms. The number of hydrogen-bond donors (Lipinski definition) is 0. The summed E-state index contributed by atoms with van der Waals surface area (Å²) in [5.74, 6) is -0.324. The molecule has 0 bridgehead atoms. The Kier molecular flexibility index (Phi) is 2.21. The molecular formula is C15H20O6. The van der Waals surface area contributed by atoms with Crippen molar-refractivity contribution < 1.29 is 28.5 Å². The molecule has 0 aromatic rings. The van der Waals surface area contributed by atoms with E-state index in [0.717, 1.165) is 12.8 Å². The maximum absolute atomic E-state index is 12.6. The minimum atomic E-state index is -0.880. The van der Waals surface area contributed by atoms with E-state index in [4.69, 9.17) is 23.7 Å². The Bertz CT molecular complexity index is 518. The monoisotopic (exact) mass is 296 g/mol. The fourth-order valence-corrected chi connectivity index (χ4v) is 5.39. The molecule has 6 atom stereocenters. The van der Waals surface area contributed by atoms with Crippen LogP contribution >= 0.6 is 0 Å². The number of cyclic esters (lactones) is 1. The second-order valence-electron chi connectivity index (χ2n) is 7.21. The van der Waals surface area contributed by atoms with Crippen molar-refractivity contribution in [1.29, 1.82) is 0 Å². The Morgan fingerprint density at radius 3 is 2.57 bits per heavy atom. The Balaban J connectivity index is 1.56. The van der Waals surface area contributed by atoms with E-state index >= 15 is 0 Å². The molecule has 4 saturated heterocycles. The zero-order valence-electron chi connectivity index (χ0n) is 12.3. The van der Waals surface area contributed by atoms with E-state index in [1.807, 2.05) is 13.8 Å². The minimum Gasteiger partial charge on any atom is -0.454 e. The van der Waals surface area contributed by atoms with Gasteiger partial charge in [-0.3, -0.25) is 0 Å². The molecule has 21 heavy (non-hydrogen) atoms. The molecule has 0 unspecified atom stereocenters. The first kappa shape index (κ1) is 12.8. The maximum Gasteiger partial charge on any atom is 0.342 e. The van der Waals surface area contributed by atoms with E-state index in [-0.39, 0.29) is 18.0 Å². The first-order valence-corrected chi connectivity index (χ1v) is 7.82. The van der Waals surface area contributed by atoms with Gasteiger partial charge in [-0.25, -0.2) is 4.79 Å². The topological polar surface area (TPSA) is 63.2 Å². The molecule has 4 aliphatic heterocycles. The molecule has 1 saturated carbocycles. The van der Waals surface area contributed by atoms with Crippen LogP contribution in [0.4, 0.5) is 0 Å². The van der Waals surface area contributed by atoms with Gasteiger partial charge in [0.2, 0.25) is 5.60 Å². The Hall–Kier alpha value is -0.690. The molecule has 6 nitrogen and oxygen atoms in total. The average molecular weight is 296 g/mol. The van der Waals surface area contributed by atoms with Crippen molar-refractivity contribution in [3.05, 3.63) is 0 Å². The van der Waals surface area contributed by atoms with Gasteiger partial charge in [0.25, 0.3) is 0 Å². The summed E-state index contributed by atoms with van der Waals surface area (Å²) in [6.07, 6.45) is 1.19. The molecule has 0 aromatic carbocycles. The second-order valence-corrected chi connectivity index (χ2v) is 7.21.